The van der Waals surface area contributed by atoms with Crippen LogP contribution in [0.5, 0.6) is 0 Å². The minimum Gasteiger partial charge on any atom is -0.197 e. The molecule has 1 heteroatoms. The molecule has 0 amide bonds. The normalized spacial score (nSPS) is 11.8. The molecule has 60 valence electrons. The van der Waals surface area contributed by atoms with Crippen LogP contribution in [0.15, 0.2) is 36.2 Å². The van der Waals surface area contributed by atoms with E-state index in [1.54, 1.807) is 6.92 Å². The van der Waals surface area contributed by atoms with Gasteiger partial charge in [-0.1, -0.05) is 30.3 Å². The van der Waals surface area contributed by atoms with E-state index < -0.39 is 5.83 Å². The third kappa shape index (κ3) is 1.73. The Morgan fingerprint density at radius 1 is 1.33 bits per heavy atom. The van der Waals surface area contributed by atoms with Crippen molar-refractivity contribution in [2.45, 2.75) is 6.92 Å². The molecule has 0 heterocycles. The predicted octanol–water partition coefficient (Wildman–Crippen LogP) is 3.02. The van der Waals surface area contributed by atoms with Gasteiger partial charge in [-0.2, -0.15) is 4.39 Å². The van der Waals surface area contributed by atoms with Gasteiger partial charge >= 0.3 is 0 Å². The lowest BCUT2D eigenvalue weighted by Crippen LogP contribution is -1.80. The summed E-state index contributed by atoms with van der Waals surface area (Å²) in [6, 6.07) is 9.23. The number of benzene rings is 1. The molecule has 0 aliphatic heterocycles. The van der Waals surface area contributed by atoms with E-state index in [1.807, 2.05) is 36.3 Å². The molecule has 1 aromatic rings. The summed E-state index contributed by atoms with van der Waals surface area (Å²) >= 11 is 0. The van der Waals surface area contributed by atoms with Gasteiger partial charge in [0, 0.05) is 5.57 Å². The second-order valence-electron chi connectivity index (χ2n) is 2.45. The van der Waals surface area contributed by atoms with Crippen molar-refractivity contribution < 1.29 is 4.39 Å². The van der Waals surface area contributed by atoms with E-state index in [-0.39, 0.29) is 0 Å². The lowest BCUT2D eigenvalue weighted by Gasteiger charge is -1.98. The summed E-state index contributed by atoms with van der Waals surface area (Å²) in [5.74, 6) is 1.48. The van der Waals surface area contributed by atoms with Crippen molar-refractivity contribution in [3.63, 3.8) is 0 Å². The molecule has 0 nitrogen and oxygen atoms in total. The number of halogens is 1. The number of rotatable bonds is 1. The zero-order valence-electron chi connectivity index (χ0n) is 6.84. The van der Waals surface area contributed by atoms with Gasteiger partial charge in [0.1, 0.15) is 0 Å². The summed E-state index contributed by atoms with van der Waals surface area (Å²) in [5, 5.41) is 0. The molecule has 0 saturated heterocycles. The highest BCUT2D eigenvalue weighted by Gasteiger charge is 1.99. The van der Waals surface area contributed by atoms with E-state index in [4.69, 9.17) is 6.42 Å². The van der Waals surface area contributed by atoms with Gasteiger partial charge < -0.3 is 0 Å². The summed E-state index contributed by atoms with van der Waals surface area (Å²) in [5.41, 5.74) is 1.34. The molecule has 0 saturated carbocycles. The van der Waals surface area contributed by atoms with Gasteiger partial charge in [0.15, 0.2) is 5.83 Å². The second kappa shape index (κ2) is 3.73. The predicted molar refractivity (Wildman–Crippen MR) is 49.0 cm³/mol. The van der Waals surface area contributed by atoms with Gasteiger partial charge in [-0.05, 0) is 18.4 Å². The van der Waals surface area contributed by atoms with E-state index in [2.05, 4.69) is 0 Å². The zero-order valence-corrected chi connectivity index (χ0v) is 6.84. The van der Waals surface area contributed by atoms with Crippen molar-refractivity contribution in [3.05, 3.63) is 41.7 Å². The molecule has 0 fully saturated rings. The van der Waals surface area contributed by atoms with Crippen LogP contribution in [0.25, 0.3) is 5.57 Å². The van der Waals surface area contributed by atoms with Crippen LogP contribution in [0, 0.1) is 12.3 Å². The average molecular weight is 160 g/mol. The first-order valence-electron chi connectivity index (χ1n) is 3.64. The fraction of sp³-hybridized carbons (Fsp3) is 0.0909. The SMILES string of the molecule is C#C/C(F)=C(/C)c1ccccc1. The van der Waals surface area contributed by atoms with Gasteiger partial charge in [-0.15, -0.1) is 6.42 Å². The molecule has 1 aromatic carbocycles. The van der Waals surface area contributed by atoms with E-state index in [9.17, 15) is 4.39 Å². The van der Waals surface area contributed by atoms with E-state index in [1.165, 1.54) is 0 Å². The molecule has 0 aromatic heterocycles. The van der Waals surface area contributed by atoms with Crippen LogP contribution in [0.1, 0.15) is 12.5 Å². The smallest absolute Gasteiger partial charge is 0.176 e. The highest BCUT2D eigenvalue weighted by molar-refractivity contribution is 5.68. The highest BCUT2D eigenvalue weighted by Crippen LogP contribution is 2.17. The first-order valence-corrected chi connectivity index (χ1v) is 3.64. The molecule has 0 aliphatic carbocycles. The molecule has 1 rings (SSSR count). The van der Waals surface area contributed by atoms with Crippen molar-refractivity contribution in [2.75, 3.05) is 0 Å². The summed E-state index contributed by atoms with van der Waals surface area (Å²) in [7, 11) is 0. The highest BCUT2D eigenvalue weighted by atomic mass is 19.1. The Hall–Kier alpha value is -1.55. The van der Waals surface area contributed by atoms with Gasteiger partial charge in [0.2, 0.25) is 0 Å². The third-order valence-electron chi connectivity index (χ3n) is 1.66. The van der Waals surface area contributed by atoms with Crippen LogP contribution in [0.4, 0.5) is 4.39 Å². The Labute approximate surface area is 71.7 Å². The van der Waals surface area contributed by atoms with Crippen molar-refractivity contribution in [1.82, 2.24) is 0 Å². The van der Waals surface area contributed by atoms with Crippen LogP contribution >= 0.6 is 0 Å². The Kier molecular flexibility index (Phi) is 2.66. The van der Waals surface area contributed by atoms with Crippen molar-refractivity contribution in [1.29, 1.82) is 0 Å². The van der Waals surface area contributed by atoms with Crippen LogP contribution in [-0.2, 0) is 0 Å². The van der Waals surface area contributed by atoms with Crippen LogP contribution < -0.4 is 0 Å². The standard InChI is InChI=1S/C11H9F/c1-3-11(12)9(2)10-7-5-4-6-8-10/h1,4-8H,2H3/b11-9+. The molecule has 0 radical (unpaired) electrons. The monoisotopic (exact) mass is 160 g/mol. The molecule has 0 N–H and O–H groups in total. The average Bonchev–Trinajstić information content (AvgIpc) is 2.17. The molecular weight excluding hydrogens is 151 g/mol. The van der Waals surface area contributed by atoms with Crippen molar-refractivity contribution in [2.24, 2.45) is 0 Å². The minimum absolute atomic E-state index is 0.499. The van der Waals surface area contributed by atoms with E-state index in [0.717, 1.165) is 5.56 Å². The first-order chi connectivity index (χ1) is 5.75. The molecule has 0 atom stereocenters. The van der Waals surface area contributed by atoms with Gasteiger partial charge in [0.05, 0.1) is 0 Å². The summed E-state index contributed by atoms with van der Waals surface area (Å²) in [6.45, 7) is 1.67. The van der Waals surface area contributed by atoms with E-state index in [0.29, 0.717) is 5.57 Å². The summed E-state index contributed by atoms with van der Waals surface area (Å²) < 4.78 is 12.9. The number of terminal acetylenes is 1. The largest absolute Gasteiger partial charge is 0.197 e. The zero-order chi connectivity index (χ0) is 8.97. The third-order valence-corrected chi connectivity index (χ3v) is 1.66. The number of hydrogen-bond donors (Lipinski definition) is 0. The molecular formula is C11H9F. The lowest BCUT2D eigenvalue weighted by molar-refractivity contribution is 0.678. The molecule has 0 bridgehead atoms. The maximum atomic E-state index is 12.9. The topological polar surface area (TPSA) is 0 Å². The van der Waals surface area contributed by atoms with Crippen LogP contribution in [0.2, 0.25) is 0 Å². The first kappa shape index (κ1) is 8.55. The maximum Gasteiger partial charge on any atom is 0.176 e. The second-order valence-corrected chi connectivity index (χ2v) is 2.45. The Morgan fingerprint density at radius 2 is 1.92 bits per heavy atom. The van der Waals surface area contributed by atoms with Crippen molar-refractivity contribution >= 4 is 5.57 Å². The van der Waals surface area contributed by atoms with Gasteiger partial charge in [0.25, 0.3) is 0 Å². The maximum absolute atomic E-state index is 12.9. The molecule has 0 aliphatic rings. The summed E-state index contributed by atoms with van der Waals surface area (Å²) in [6.07, 6.45) is 4.93. The fourth-order valence-corrected chi connectivity index (χ4v) is 0.923. The van der Waals surface area contributed by atoms with E-state index >= 15 is 0 Å². The van der Waals surface area contributed by atoms with Gasteiger partial charge in [-0.25, -0.2) is 0 Å². The molecule has 0 unspecified atom stereocenters. The number of allylic oxidation sites excluding steroid dienone is 2. The van der Waals surface area contributed by atoms with Crippen LogP contribution in [0.3, 0.4) is 0 Å². The Balaban J connectivity index is 3.11. The fourth-order valence-electron chi connectivity index (χ4n) is 0.923. The Morgan fingerprint density at radius 3 is 2.42 bits per heavy atom. The molecule has 12 heavy (non-hydrogen) atoms. The Bertz CT molecular complexity index is 328. The quantitative estimate of drug-likeness (QED) is 0.554. The minimum atomic E-state index is -0.499. The number of hydrogen-bond acceptors (Lipinski definition) is 0. The van der Waals surface area contributed by atoms with Gasteiger partial charge in [-0.3, -0.25) is 0 Å². The molecule has 0 spiro atoms. The lowest BCUT2D eigenvalue weighted by atomic mass is 10.1. The van der Waals surface area contributed by atoms with Crippen molar-refractivity contribution in [3.8, 4) is 12.3 Å². The van der Waals surface area contributed by atoms with Crippen LogP contribution in [-0.4, -0.2) is 0 Å². The summed E-state index contributed by atoms with van der Waals surface area (Å²) in [4.78, 5) is 0.